The smallest absolute Gasteiger partial charge is 0.127 e. The lowest BCUT2D eigenvalue weighted by Crippen LogP contribution is -2.21. The summed E-state index contributed by atoms with van der Waals surface area (Å²) in [4.78, 5) is 6.69. The van der Waals surface area contributed by atoms with E-state index < -0.39 is 0 Å². The molecule has 106 valence electrons. The monoisotopic (exact) mass is 333 g/mol. The van der Waals surface area contributed by atoms with Gasteiger partial charge in [-0.3, -0.25) is 0 Å². The summed E-state index contributed by atoms with van der Waals surface area (Å²) in [6.45, 7) is 2.99. The first-order valence-corrected chi connectivity index (χ1v) is 7.62. The molecule has 0 aliphatic rings. The van der Waals surface area contributed by atoms with Gasteiger partial charge in [-0.25, -0.2) is 4.98 Å². The van der Waals surface area contributed by atoms with Crippen LogP contribution in [-0.2, 0) is 6.54 Å². The van der Waals surface area contributed by atoms with E-state index >= 15 is 0 Å². The van der Waals surface area contributed by atoms with E-state index in [0.29, 0.717) is 0 Å². The van der Waals surface area contributed by atoms with Crippen molar-refractivity contribution in [3.8, 4) is 0 Å². The van der Waals surface area contributed by atoms with Crippen molar-refractivity contribution in [2.24, 2.45) is 0 Å². The van der Waals surface area contributed by atoms with Gasteiger partial charge < -0.3 is 10.2 Å². The lowest BCUT2D eigenvalue weighted by Gasteiger charge is -2.16. The van der Waals surface area contributed by atoms with Crippen LogP contribution in [0.5, 0.6) is 0 Å². The molecule has 1 aromatic carbocycles. The van der Waals surface area contributed by atoms with E-state index in [9.17, 15) is 0 Å². The highest BCUT2D eigenvalue weighted by molar-refractivity contribution is 9.10. The standard InChI is InChI=1S/C16H20BrN3/c1-20(13-14-7-3-2-4-8-14)12-6-11-18-16-10-5-9-15(17)19-16/h2-5,7-10H,6,11-13H2,1H3,(H,18,19). The molecule has 0 bridgehead atoms. The zero-order chi connectivity index (χ0) is 14.2. The van der Waals surface area contributed by atoms with Crippen LogP contribution >= 0.6 is 15.9 Å². The SMILES string of the molecule is CN(CCCNc1cccc(Br)n1)Cc1ccccc1. The van der Waals surface area contributed by atoms with Crippen molar-refractivity contribution in [3.05, 3.63) is 58.7 Å². The molecular formula is C16H20BrN3. The summed E-state index contributed by atoms with van der Waals surface area (Å²) in [6, 6.07) is 16.5. The Bertz CT molecular complexity index is 516. The number of benzene rings is 1. The minimum absolute atomic E-state index is 0.865. The second kappa shape index (κ2) is 8.02. The quantitative estimate of drug-likeness (QED) is 0.617. The lowest BCUT2D eigenvalue weighted by atomic mass is 10.2. The van der Waals surface area contributed by atoms with Gasteiger partial charge in [-0.2, -0.15) is 0 Å². The fourth-order valence-corrected chi connectivity index (χ4v) is 2.39. The van der Waals surface area contributed by atoms with Crippen molar-refractivity contribution in [1.29, 1.82) is 0 Å². The van der Waals surface area contributed by atoms with Gasteiger partial charge in [0.15, 0.2) is 0 Å². The number of rotatable bonds is 7. The predicted octanol–water partition coefficient (Wildman–Crippen LogP) is 3.78. The fourth-order valence-electron chi connectivity index (χ4n) is 2.05. The van der Waals surface area contributed by atoms with Gasteiger partial charge in [-0.15, -0.1) is 0 Å². The Balaban J connectivity index is 1.66. The summed E-state index contributed by atoms with van der Waals surface area (Å²) >= 11 is 3.37. The van der Waals surface area contributed by atoms with Crippen LogP contribution < -0.4 is 5.32 Å². The Morgan fingerprint density at radius 1 is 1.10 bits per heavy atom. The van der Waals surface area contributed by atoms with Crippen LogP contribution in [0.2, 0.25) is 0 Å². The number of hydrogen-bond acceptors (Lipinski definition) is 3. The van der Waals surface area contributed by atoms with Gasteiger partial charge in [0, 0.05) is 13.1 Å². The zero-order valence-corrected chi connectivity index (χ0v) is 13.3. The van der Waals surface area contributed by atoms with Gasteiger partial charge in [0.1, 0.15) is 10.4 Å². The molecule has 4 heteroatoms. The topological polar surface area (TPSA) is 28.2 Å². The zero-order valence-electron chi connectivity index (χ0n) is 11.7. The summed E-state index contributed by atoms with van der Waals surface area (Å²) in [5.41, 5.74) is 1.36. The molecule has 0 saturated carbocycles. The van der Waals surface area contributed by atoms with Gasteiger partial charge in [0.2, 0.25) is 0 Å². The molecule has 2 aromatic rings. The van der Waals surface area contributed by atoms with Crippen LogP contribution in [-0.4, -0.2) is 30.0 Å². The molecule has 0 aliphatic carbocycles. The van der Waals surface area contributed by atoms with E-state index in [0.717, 1.165) is 36.5 Å². The third-order valence-corrected chi connectivity index (χ3v) is 3.47. The molecule has 1 N–H and O–H groups in total. The van der Waals surface area contributed by atoms with E-state index in [4.69, 9.17) is 0 Å². The second-order valence-electron chi connectivity index (χ2n) is 4.85. The Kier molecular flexibility index (Phi) is 6.02. The highest BCUT2D eigenvalue weighted by Gasteiger charge is 2.00. The van der Waals surface area contributed by atoms with Gasteiger partial charge in [0.05, 0.1) is 0 Å². The molecule has 20 heavy (non-hydrogen) atoms. The Hall–Kier alpha value is -1.39. The number of aromatic nitrogens is 1. The first kappa shape index (κ1) is 15.0. The molecule has 0 radical (unpaired) electrons. The maximum atomic E-state index is 4.35. The molecule has 0 aliphatic heterocycles. The molecule has 1 aromatic heterocycles. The van der Waals surface area contributed by atoms with E-state index in [1.165, 1.54) is 5.56 Å². The van der Waals surface area contributed by atoms with Gasteiger partial charge >= 0.3 is 0 Å². The van der Waals surface area contributed by atoms with Gasteiger partial charge in [-0.1, -0.05) is 36.4 Å². The number of pyridine rings is 1. The summed E-state index contributed by atoms with van der Waals surface area (Å²) in [5.74, 6) is 0.921. The van der Waals surface area contributed by atoms with Crippen molar-refractivity contribution in [2.45, 2.75) is 13.0 Å². The average molecular weight is 334 g/mol. The minimum atomic E-state index is 0.865. The fraction of sp³-hybridized carbons (Fsp3) is 0.312. The molecule has 0 spiro atoms. The number of nitrogens with one attached hydrogen (secondary N) is 1. The molecular weight excluding hydrogens is 314 g/mol. The van der Waals surface area contributed by atoms with Crippen LogP contribution in [0.25, 0.3) is 0 Å². The molecule has 0 amide bonds. The maximum absolute atomic E-state index is 4.35. The Labute approximate surface area is 129 Å². The summed E-state index contributed by atoms with van der Waals surface area (Å²) in [5, 5.41) is 3.34. The third kappa shape index (κ3) is 5.31. The van der Waals surface area contributed by atoms with Crippen LogP contribution in [0.4, 0.5) is 5.82 Å². The van der Waals surface area contributed by atoms with Crippen molar-refractivity contribution in [2.75, 3.05) is 25.5 Å². The van der Waals surface area contributed by atoms with Crippen molar-refractivity contribution < 1.29 is 0 Å². The number of anilines is 1. The van der Waals surface area contributed by atoms with Crippen LogP contribution in [0.15, 0.2) is 53.1 Å². The summed E-state index contributed by atoms with van der Waals surface area (Å²) < 4.78 is 0.865. The first-order chi connectivity index (χ1) is 9.74. The molecule has 3 nitrogen and oxygen atoms in total. The van der Waals surface area contributed by atoms with E-state index in [1.807, 2.05) is 18.2 Å². The molecule has 1 heterocycles. The molecule has 0 saturated heterocycles. The largest absolute Gasteiger partial charge is 0.370 e. The minimum Gasteiger partial charge on any atom is -0.370 e. The highest BCUT2D eigenvalue weighted by atomic mass is 79.9. The number of hydrogen-bond donors (Lipinski definition) is 1. The van der Waals surface area contributed by atoms with Gasteiger partial charge in [0.25, 0.3) is 0 Å². The average Bonchev–Trinajstić information content (AvgIpc) is 2.45. The second-order valence-corrected chi connectivity index (χ2v) is 5.66. The Morgan fingerprint density at radius 3 is 2.65 bits per heavy atom. The molecule has 0 unspecified atom stereocenters. The Morgan fingerprint density at radius 2 is 1.90 bits per heavy atom. The van der Waals surface area contributed by atoms with Crippen molar-refractivity contribution in [3.63, 3.8) is 0 Å². The van der Waals surface area contributed by atoms with Crippen molar-refractivity contribution >= 4 is 21.7 Å². The summed E-state index contributed by atoms with van der Waals surface area (Å²) in [7, 11) is 2.16. The van der Waals surface area contributed by atoms with Crippen LogP contribution in [0, 0.1) is 0 Å². The van der Waals surface area contributed by atoms with E-state index in [1.54, 1.807) is 0 Å². The van der Waals surface area contributed by atoms with Gasteiger partial charge in [-0.05, 0) is 53.6 Å². The normalized spacial score (nSPS) is 10.8. The predicted molar refractivity (Wildman–Crippen MR) is 87.8 cm³/mol. The van der Waals surface area contributed by atoms with E-state index in [2.05, 4.69) is 68.5 Å². The first-order valence-electron chi connectivity index (χ1n) is 6.83. The molecule has 2 rings (SSSR count). The molecule has 0 fully saturated rings. The number of nitrogens with zero attached hydrogens (tertiary/aromatic N) is 2. The summed E-state index contributed by atoms with van der Waals surface area (Å²) in [6.07, 6.45) is 1.09. The van der Waals surface area contributed by atoms with E-state index in [-0.39, 0.29) is 0 Å². The highest BCUT2D eigenvalue weighted by Crippen LogP contribution is 2.10. The van der Waals surface area contributed by atoms with Crippen LogP contribution in [0.3, 0.4) is 0 Å². The lowest BCUT2D eigenvalue weighted by molar-refractivity contribution is 0.325. The number of halogens is 1. The van der Waals surface area contributed by atoms with Crippen LogP contribution in [0.1, 0.15) is 12.0 Å². The van der Waals surface area contributed by atoms with Crippen molar-refractivity contribution in [1.82, 2.24) is 9.88 Å². The molecule has 0 atom stereocenters. The third-order valence-electron chi connectivity index (χ3n) is 3.03. The maximum Gasteiger partial charge on any atom is 0.127 e.